The molecule has 0 saturated carbocycles. The Labute approximate surface area is 164 Å². The number of fused-ring (bicyclic) bond motifs is 1. The summed E-state index contributed by atoms with van der Waals surface area (Å²) in [6, 6.07) is 1.81. The average Bonchev–Trinajstić information content (AvgIpc) is 3.22. The van der Waals surface area contributed by atoms with Crippen molar-refractivity contribution in [1.29, 1.82) is 0 Å². The van der Waals surface area contributed by atoms with Crippen molar-refractivity contribution in [3.63, 3.8) is 0 Å². The van der Waals surface area contributed by atoms with Gasteiger partial charge in [-0.05, 0) is 56.5 Å². The summed E-state index contributed by atoms with van der Waals surface area (Å²) in [5.74, 6) is -0.635. The Hall–Kier alpha value is -1.97. The van der Waals surface area contributed by atoms with Crippen LogP contribution in [0.4, 0.5) is 5.00 Å². The number of amides is 1. The van der Waals surface area contributed by atoms with Crippen molar-refractivity contribution in [2.45, 2.75) is 32.6 Å². The molecule has 138 valence electrons. The molecule has 0 fully saturated rings. The fourth-order valence-electron chi connectivity index (χ4n) is 2.85. The van der Waals surface area contributed by atoms with Gasteiger partial charge in [-0.3, -0.25) is 15.6 Å². The highest BCUT2D eigenvalue weighted by molar-refractivity contribution is 7.80. The molecule has 26 heavy (non-hydrogen) atoms. The van der Waals surface area contributed by atoms with Crippen molar-refractivity contribution in [2.24, 2.45) is 0 Å². The Morgan fingerprint density at radius 1 is 1.23 bits per heavy atom. The number of carbonyl (C=O) groups is 2. The highest BCUT2D eigenvalue weighted by atomic mass is 32.1. The molecular formula is C17H19N3O3S3. The third-order valence-corrected chi connectivity index (χ3v) is 6.34. The van der Waals surface area contributed by atoms with Crippen LogP contribution in [0, 0.1) is 6.92 Å². The average molecular weight is 410 g/mol. The van der Waals surface area contributed by atoms with E-state index in [0.29, 0.717) is 16.1 Å². The lowest BCUT2D eigenvalue weighted by atomic mass is 9.95. The summed E-state index contributed by atoms with van der Waals surface area (Å²) in [4.78, 5) is 26.5. The van der Waals surface area contributed by atoms with Crippen LogP contribution in [0.5, 0.6) is 0 Å². The number of nitrogens with one attached hydrogen (secondary N) is 3. The molecule has 0 bridgehead atoms. The number of hydrogen-bond donors (Lipinski definition) is 3. The van der Waals surface area contributed by atoms with E-state index in [1.165, 1.54) is 34.7 Å². The number of hydrazine groups is 1. The predicted molar refractivity (Wildman–Crippen MR) is 108 cm³/mol. The van der Waals surface area contributed by atoms with E-state index in [4.69, 9.17) is 17.0 Å². The molecule has 3 rings (SSSR count). The van der Waals surface area contributed by atoms with E-state index in [9.17, 15) is 9.59 Å². The van der Waals surface area contributed by atoms with Crippen molar-refractivity contribution < 1.29 is 14.3 Å². The largest absolute Gasteiger partial charge is 0.465 e. The van der Waals surface area contributed by atoms with Crippen molar-refractivity contribution in [1.82, 2.24) is 10.9 Å². The molecule has 3 N–H and O–H groups in total. The number of thiophene rings is 2. The number of rotatable bonds is 3. The molecule has 0 unspecified atom stereocenters. The number of hydrogen-bond acceptors (Lipinski definition) is 6. The molecule has 0 radical (unpaired) electrons. The molecule has 0 spiro atoms. The standard InChI is InChI=1S/C17H19N3O3S3/c1-9-7-10(8-25-9)14(21)19-20-17(24)18-15-13(16(22)23-2)11-5-3-4-6-12(11)26-15/h7-8H,3-6H2,1-2H3,(H,19,21)(H2,18,20,24). The minimum absolute atomic E-state index is 0.217. The Morgan fingerprint density at radius 3 is 2.69 bits per heavy atom. The fourth-order valence-corrected chi connectivity index (χ4v) is 5.04. The zero-order valence-corrected chi connectivity index (χ0v) is 16.9. The number of ether oxygens (including phenoxy) is 1. The SMILES string of the molecule is COC(=O)c1c(NC(=S)NNC(=O)c2csc(C)c2)sc2c1CCCC2. The quantitative estimate of drug-likeness (QED) is 0.410. The van der Waals surface area contributed by atoms with E-state index < -0.39 is 0 Å². The van der Waals surface area contributed by atoms with Crippen LogP contribution in [0.2, 0.25) is 0 Å². The summed E-state index contributed by atoms with van der Waals surface area (Å²) < 4.78 is 4.94. The second-order valence-corrected chi connectivity index (χ2v) is 8.51. The maximum Gasteiger partial charge on any atom is 0.341 e. The molecule has 1 aliphatic carbocycles. The molecule has 2 aromatic heterocycles. The first-order chi connectivity index (χ1) is 12.5. The Kier molecular flexibility index (Phi) is 5.90. The summed E-state index contributed by atoms with van der Waals surface area (Å²) in [6.45, 7) is 1.94. The van der Waals surface area contributed by atoms with Gasteiger partial charge in [-0.2, -0.15) is 0 Å². The van der Waals surface area contributed by atoms with Gasteiger partial charge >= 0.3 is 5.97 Å². The lowest BCUT2D eigenvalue weighted by Gasteiger charge is -2.12. The van der Waals surface area contributed by atoms with E-state index in [-0.39, 0.29) is 17.0 Å². The molecule has 0 atom stereocenters. The molecule has 9 heteroatoms. The van der Waals surface area contributed by atoms with Crippen LogP contribution < -0.4 is 16.2 Å². The van der Waals surface area contributed by atoms with Crippen LogP contribution in [0.15, 0.2) is 11.4 Å². The van der Waals surface area contributed by atoms with Crippen LogP contribution in [0.1, 0.15) is 48.9 Å². The summed E-state index contributed by atoms with van der Waals surface area (Å²) >= 11 is 8.28. The first kappa shape index (κ1) is 18.8. The second kappa shape index (κ2) is 8.15. The monoisotopic (exact) mass is 409 g/mol. The Bertz CT molecular complexity index is 857. The normalized spacial score (nSPS) is 12.8. The molecular weight excluding hydrogens is 390 g/mol. The second-order valence-electron chi connectivity index (χ2n) is 5.89. The smallest absolute Gasteiger partial charge is 0.341 e. The lowest BCUT2D eigenvalue weighted by molar-refractivity contribution is 0.0600. The van der Waals surface area contributed by atoms with Crippen molar-refractivity contribution in [3.8, 4) is 0 Å². The first-order valence-corrected chi connectivity index (χ1v) is 10.3. The van der Waals surface area contributed by atoms with Crippen LogP contribution in [-0.4, -0.2) is 24.1 Å². The van der Waals surface area contributed by atoms with Crippen LogP contribution in [0.3, 0.4) is 0 Å². The van der Waals surface area contributed by atoms with E-state index in [0.717, 1.165) is 36.1 Å². The number of aryl methyl sites for hydroxylation is 2. The van der Waals surface area contributed by atoms with Gasteiger partial charge in [0, 0.05) is 15.1 Å². The van der Waals surface area contributed by atoms with Gasteiger partial charge in [-0.15, -0.1) is 22.7 Å². The van der Waals surface area contributed by atoms with E-state index in [2.05, 4.69) is 16.2 Å². The Morgan fingerprint density at radius 2 is 2.00 bits per heavy atom. The van der Waals surface area contributed by atoms with Gasteiger partial charge in [0.2, 0.25) is 0 Å². The zero-order valence-electron chi connectivity index (χ0n) is 14.4. The predicted octanol–water partition coefficient (Wildman–Crippen LogP) is 3.41. The highest BCUT2D eigenvalue weighted by Gasteiger charge is 2.26. The van der Waals surface area contributed by atoms with Crippen LogP contribution in [0.25, 0.3) is 0 Å². The molecule has 2 heterocycles. The lowest BCUT2D eigenvalue weighted by Crippen LogP contribution is -2.43. The van der Waals surface area contributed by atoms with Crippen molar-refractivity contribution in [3.05, 3.63) is 37.9 Å². The number of esters is 1. The van der Waals surface area contributed by atoms with Crippen molar-refractivity contribution >= 4 is 56.9 Å². The molecule has 0 aromatic carbocycles. The van der Waals surface area contributed by atoms with Crippen molar-refractivity contribution in [2.75, 3.05) is 12.4 Å². The van der Waals surface area contributed by atoms with Gasteiger partial charge < -0.3 is 10.1 Å². The van der Waals surface area contributed by atoms with Gasteiger partial charge in [0.15, 0.2) is 5.11 Å². The van der Waals surface area contributed by atoms with Gasteiger partial charge in [-0.25, -0.2) is 4.79 Å². The maximum atomic E-state index is 12.2. The molecule has 2 aromatic rings. The minimum Gasteiger partial charge on any atom is -0.465 e. The number of carbonyl (C=O) groups excluding carboxylic acids is 2. The first-order valence-electron chi connectivity index (χ1n) is 8.15. The van der Waals surface area contributed by atoms with E-state index >= 15 is 0 Å². The molecule has 0 saturated heterocycles. The highest BCUT2D eigenvalue weighted by Crippen LogP contribution is 2.38. The van der Waals surface area contributed by atoms with Crippen LogP contribution in [-0.2, 0) is 17.6 Å². The topological polar surface area (TPSA) is 79.5 Å². The van der Waals surface area contributed by atoms with Gasteiger partial charge in [0.1, 0.15) is 5.00 Å². The molecule has 6 nitrogen and oxygen atoms in total. The third-order valence-electron chi connectivity index (χ3n) is 4.07. The molecule has 1 aliphatic rings. The molecule has 1 amide bonds. The number of methoxy groups -OCH3 is 1. The van der Waals surface area contributed by atoms with Gasteiger partial charge in [0.05, 0.1) is 18.2 Å². The fraction of sp³-hybridized carbons (Fsp3) is 0.353. The maximum absolute atomic E-state index is 12.2. The summed E-state index contributed by atoms with van der Waals surface area (Å²) in [7, 11) is 1.37. The van der Waals surface area contributed by atoms with E-state index in [1.54, 1.807) is 11.4 Å². The zero-order chi connectivity index (χ0) is 18.7. The number of thiocarbonyl (C=S) groups is 1. The summed E-state index contributed by atoms with van der Waals surface area (Å²) in [5.41, 5.74) is 7.42. The summed E-state index contributed by atoms with van der Waals surface area (Å²) in [5, 5.41) is 5.68. The molecule has 0 aliphatic heterocycles. The third kappa shape index (κ3) is 4.05. The Balaban J connectivity index is 1.68. The number of anilines is 1. The van der Waals surface area contributed by atoms with E-state index in [1.807, 2.05) is 6.92 Å². The minimum atomic E-state index is -0.368. The van der Waals surface area contributed by atoms with Crippen LogP contribution >= 0.6 is 34.9 Å². The van der Waals surface area contributed by atoms with Gasteiger partial charge in [-0.1, -0.05) is 0 Å². The summed E-state index contributed by atoms with van der Waals surface area (Å²) in [6.07, 6.45) is 4.00. The van der Waals surface area contributed by atoms with Gasteiger partial charge in [0.25, 0.3) is 5.91 Å².